The summed E-state index contributed by atoms with van der Waals surface area (Å²) in [5.74, 6) is -0.397. The summed E-state index contributed by atoms with van der Waals surface area (Å²) in [6, 6.07) is 7.41. The summed E-state index contributed by atoms with van der Waals surface area (Å²) in [6.45, 7) is 1.11. The molecule has 2 N–H and O–H groups in total. The largest absolute Gasteiger partial charge is 0.472 e. The third-order valence-corrected chi connectivity index (χ3v) is 4.55. The zero-order valence-corrected chi connectivity index (χ0v) is 15.0. The molecular formula is C17H15BrF3N3O2. The average Bonchev–Trinajstić information content (AvgIpc) is 3.02. The number of aromatic nitrogens is 1. The Bertz CT molecular complexity index is 812. The van der Waals surface area contributed by atoms with Crippen LogP contribution in [-0.4, -0.2) is 30.1 Å². The number of amides is 1. The van der Waals surface area contributed by atoms with Crippen molar-refractivity contribution in [1.29, 1.82) is 0 Å². The lowest BCUT2D eigenvalue weighted by Crippen LogP contribution is -2.27. The van der Waals surface area contributed by atoms with Gasteiger partial charge in [-0.05, 0) is 24.3 Å². The highest BCUT2D eigenvalue weighted by Crippen LogP contribution is 2.31. The van der Waals surface area contributed by atoms with Gasteiger partial charge in [0.15, 0.2) is 0 Å². The van der Waals surface area contributed by atoms with Gasteiger partial charge in [0, 0.05) is 35.4 Å². The minimum Gasteiger partial charge on any atom is -0.472 e. The van der Waals surface area contributed by atoms with Crippen molar-refractivity contribution < 1.29 is 22.7 Å². The van der Waals surface area contributed by atoms with Gasteiger partial charge in [-0.15, -0.1) is 0 Å². The van der Waals surface area contributed by atoms with Crippen LogP contribution in [0.1, 0.15) is 22.3 Å². The molecule has 1 atom stereocenters. The first-order valence-corrected chi connectivity index (χ1v) is 8.57. The number of hydrogen-bond donors (Lipinski definition) is 1. The second-order valence-electron chi connectivity index (χ2n) is 5.88. The number of anilines is 1. The summed E-state index contributed by atoms with van der Waals surface area (Å²) < 4.78 is 44.1. The van der Waals surface area contributed by atoms with Gasteiger partial charge in [-0.3, -0.25) is 4.79 Å². The average molecular weight is 430 g/mol. The first kappa shape index (κ1) is 18.5. The van der Waals surface area contributed by atoms with E-state index in [1.165, 1.54) is 6.07 Å². The first-order valence-electron chi connectivity index (χ1n) is 7.78. The number of primary amides is 1. The monoisotopic (exact) mass is 429 g/mol. The number of carbonyl (C=O) groups excluding carboxylic acids is 1. The molecule has 1 fully saturated rings. The normalized spacial score (nSPS) is 17.4. The van der Waals surface area contributed by atoms with Crippen LogP contribution in [0.15, 0.2) is 41.0 Å². The highest BCUT2D eigenvalue weighted by atomic mass is 79.9. The third kappa shape index (κ3) is 4.09. The Morgan fingerprint density at radius 1 is 1.31 bits per heavy atom. The lowest BCUT2D eigenvalue weighted by atomic mass is 10.1. The molecular weight excluding hydrogens is 415 g/mol. The Morgan fingerprint density at radius 3 is 2.69 bits per heavy atom. The number of pyridine rings is 1. The van der Waals surface area contributed by atoms with Crippen LogP contribution in [0.25, 0.3) is 0 Å². The van der Waals surface area contributed by atoms with Crippen molar-refractivity contribution in [3.8, 4) is 5.88 Å². The summed E-state index contributed by atoms with van der Waals surface area (Å²) in [6.07, 6.45) is -3.27. The lowest BCUT2D eigenvalue weighted by molar-refractivity contribution is -0.137. The number of nitrogens with zero attached hydrogens (tertiary/aromatic N) is 2. The molecule has 1 aromatic carbocycles. The fourth-order valence-electron chi connectivity index (χ4n) is 2.81. The Labute approximate surface area is 156 Å². The van der Waals surface area contributed by atoms with Crippen molar-refractivity contribution in [3.63, 3.8) is 0 Å². The second-order valence-corrected chi connectivity index (χ2v) is 6.80. The molecule has 0 aliphatic carbocycles. The number of ether oxygens (including phenoxy) is 1. The van der Waals surface area contributed by atoms with Crippen molar-refractivity contribution in [2.45, 2.75) is 18.7 Å². The molecule has 1 amide bonds. The molecule has 0 saturated carbocycles. The molecule has 1 aliphatic rings. The molecule has 3 rings (SSSR count). The van der Waals surface area contributed by atoms with E-state index < -0.39 is 17.6 Å². The van der Waals surface area contributed by atoms with E-state index >= 15 is 0 Å². The van der Waals surface area contributed by atoms with Gasteiger partial charge in [-0.2, -0.15) is 13.2 Å². The van der Waals surface area contributed by atoms with Gasteiger partial charge in [0.25, 0.3) is 5.91 Å². The Kier molecular flexibility index (Phi) is 5.08. The second kappa shape index (κ2) is 7.14. The SMILES string of the molecule is NC(=O)c1cc(Br)ccc1N1CCC(Oc2ccc(C(F)(F)F)cn2)C1. The lowest BCUT2D eigenvalue weighted by Gasteiger charge is -2.21. The molecule has 0 radical (unpaired) electrons. The highest BCUT2D eigenvalue weighted by molar-refractivity contribution is 9.10. The van der Waals surface area contributed by atoms with E-state index in [4.69, 9.17) is 10.5 Å². The molecule has 1 unspecified atom stereocenters. The van der Waals surface area contributed by atoms with Crippen LogP contribution in [0.2, 0.25) is 0 Å². The standard InChI is InChI=1S/C17H15BrF3N3O2/c18-11-2-3-14(13(7-11)16(22)25)24-6-5-12(9-24)26-15-4-1-10(8-23-15)17(19,20)21/h1-4,7-8,12H,5-6,9H2,(H2,22,25). The zero-order chi connectivity index (χ0) is 18.9. The number of benzene rings is 1. The smallest absolute Gasteiger partial charge is 0.417 e. The van der Waals surface area contributed by atoms with Crippen molar-refractivity contribution in [2.75, 3.05) is 18.0 Å². The maximum atomic E-state index is 12.6. The summed E-state index contributed by atoms with van der Waals surface area (Å²) in [5, 5.41) is 0. The van der Waals surface area contributed by atoms with Crippen LogP contribution in [0.4, 0.5) is 18.9 Å². The van der Waals surface area contributed by atoms with E-state index in [2.05, 4.69) is 20.9 Å². The molecule has 0 spiro atoms. The fraction of sp³-hybridized carbons (Fsp3) is 0.294. The van der Waals surface area contributed by atoms with Crippen molar-refractivity contribution in [3.05, 3.63) is 52.1 Å². The number of rotatable bonds is 4. The minimum atomic E-state index is -4.43. The Hall–Kier alpha value is -2.29. The number of alkyl halides is 3. The molecule has 2 aromatic rings. The minimum absolute atomic E-state index is 0.135. The predicted molar refractivity (Wildman–Crippen MR) is 93.1 cm³/mol. The van der Waals surface area contributed by atoms with Crippen LogP contribution in [-0.2, 0) is 6.18 Å². The summed E-state index contributed by atoms with van der Waals surface area (Å²) in [7, 11) is 0. The van der Waals surface area contributed by atoms with Crippen LogP contribution >= 0.6 is 15.9 Å². The van der Waals surface area contributed by atoms with E-state index in [1.807, 2.05) is 11.0 Å². The van der Waals surface area contributed by atoms with Crippen LogP contribution in [0.3, 0.4) is 0 Å². The number of nitrogens with two attached hydrogens (primary N) is 1. The van der Waals surface area contributed by atoms with E-state index in [0.717, 1.165) is 16.7 Å². The van der Waals surface area contributed by atoms with Gasteiger partial charge < -0.3 is 15.4 Å². The Morgan fingerprint density at radius 2 is 2.08 bits per heavy atom. The van der Waals surface area contributed by atoms with Gasteiger partial charge in [0.05, 0.1) is 17.7 Å². The maximum absolute atomic E-state index is 12.6. The van der Waals surface area contributed by atoms with Crippen LogP contribution in [0, 0.1) is 0 Å². The molecule has 1 saturated heterocycles. The van der Waals surface area contributed by atoms with E-state index in [-0.39, 0.29) is 12.0 Å². The maximum Gasteiger partial charge on any atom is 0.417 e. The zero-order valence-electron chi connectivity index (χ0n) is 13.5. The molecule has 1 aliphatic heterocycles. The number of carbonyl (C=O) groups is 1. The predicted octanol–water partition coefficient (Wildman–Crippen LogP) is 3.62. The number of halogens is 4. The van der Waals surface area contributed by atoms with Gasteiger partial charge >= 0.3 is 6.18 Å². The van der Waals surface area contributed by atoms with E-state index in [1.54, 1.807) is 12.1 Å². The van der Waals surface area contributed by atoms with Gasteiger partial charge in [-0.25, -0.2) is 4.98 Å². The number of hydrogen-bond acceptors (Lipinski definition) is 4. The van der Waals surface area contributed by atoms with Crippen LogP contribution in [0.5, 0.6) is 5.88 Å². The molecule has 138 valence electrons. The van der Waals surface area contributed by atoms with E-state index in [0.29, 0.717) is 30.8 Å². The van der Waals surface area contributed by atoms with Gasteiger partial charge in [-0.1, -0.05) is 15.9 Å². The summed E-state index contributed by atoms with van der Waals surface area (Å²) in [5.41, 5.74) is 5.72. The third-order valence-electron chi connectivity index (χ3n) is 4.06. The summed E-state index contributed by atoms with van der Waals surface area (Å²) >= 11 is 3.31. The quantitative estimate of drug-likeness (QED) is 0.805. The molecule has 0 bridgehead atoms. The molecule has 9 heteroatoms. The Balaban J connectivity index is 1.69. The molecule has 2 heterocycles. The topological polar surface area (TPSA) is 68.5 Å². The van der Waals surface area contributed by atoms with Crippen molar-refractivity contribution in [2.24, 2.45) is 5.73 Å². The van der Waals surface area contributed by atoms with Gasteiger partial charge in [0.1, 0.15) is 6.10 Å². The van der Waals surface area contributed by atoms with Crippen molar-refractivity contribution in [1.82, 2.24) is 4.98 Å². The van der Waals surface area contributed by atoms with E-state index in [9.17, 15) is 18.0 Å². The molecule has 26 heavy (non-hydrogen) atoms. The fourth-order valence-corrected chi connectivity index (χ4v) is 3.17. The highest BCUT2D eigenvalue weighted by Gasteiger charge is 2.31. The van der Waals surface area contributed by atoms with Crippen LogP contribution < -0.4 is 15.4 Å². The van der Waals surface area contributed by atoms with Crippen molar-refractivity contribution >= 4 is 27.5 Å². The summed E-state index contributed by atoms with van der Waals surface area (Å²) in [4.78, 5) is 17.3. The molecule has 5 nitrogen and oxygen atoms in total. The van der Waals surface area contributed by atoms with Gasteiger partial charge in [0.2, 0.25) is 5.88 Å². The first-order chi connectivity index (χ1) is 12.2. The molecule has 1 aromatic heterocycles.